The van der Waals surface area contributed by atoms with E-state index in [9.17, 15) is 0 Å². The van der Waals surface area contributed by atoms with Crippen LogP contribution >= 0.6 is 0 Å². The van der Waals surface area contributed by atoms with Crippen LogP contribution in [0.2, 0.25) is 0 Å². The molecule has 0 heterocycles. The molecule has 0 aliphatic carbocycles. The fraction of sp³-hybridized carbons (Fsp3) is 0.600. The topological polar surface area (TPSA) is 34.1 Å². The summed E-state index contributed by atoms with van der Waals surface area (Å²) in [5.41, 5.74) is 0. The van der Waals surface area contributed by atoms with E-state index in [1.54, 1.807) is 0 Å². The maximum atomic E-state index is 7.75. The monoisotopic (exact) mass is 278 g/mol. The van der Waals surface area contributed by atoms with Crippen molar-refractivity contribution in [2.75, 3.05) is 0 Å². The summed E-state index contributed by atoms with van der Waals surface area (Å²) in [5, 5.41) is 0. The molecule has 0 fully saturated rings. The Morgan fingerprint density at radius 3 is 0.692 bits per heavy atom. The van der Waals surface area contributed by atoms with Crippen molar-refractivity contribution < 1.29 is 29.1 Å². The van der Waals surface area contributed by atoms with E-state index < -0.39 is 0 Å². The Morgan fingerprint density at radius 2 is 0.692 bits per heavy atom. The van der Waals surface area contributed by atoms with E-state index in [2.05, 4.69) is 41.3 Å². The van der Waals surface area contributed by atoms with Gasteiger partial charge in [0.15, 0.2) is 0 Å². The Kier molecular flexibility index (Phi) is 1500. The average molecular weight is 277 g/mol. The van der Waals surface area contributed by atoms with Crippen LogP contribution in [0.1, 0.15) is 40.5 Å². The zero-order valence-electron chi connectivity index (χ0n) is 9.74. The van der Waals surface area contributed by atoms with Crippen LogP contribution in [0.5, 0.6) is 0 Å². The average Bonchev–Trinajstić information content (AvgIpc) is 1.99. The Hall–Kier alpha value is -0.0366. The second kappa shape index (κ2) is 373. The molecule has 0 bridgehead atoms. The van der Waals surface area contributed by atoms with E-state index >= 15 is 0 Å². The molecule has 0 amide bonds. The van der Waals surface area contributed by atoms with E-state index in [4.69, 9.17) is 9.59 Å². The normalized spacial score (nSPS) is 3.38. The molecule has 0 rings (SSSR count). The quantitative estimate of drug-likeness (QED) is 0.387. The molecule has 3 heteroatoms. The van der Waals surface area contributed by atoms with Crippen LogP contribution in [0.4, 0.5) is 0 Å². The molecule has 0 saturated carbocycles. The smallest absolute Gasteiger partial charge is 0.545 e. The summed E-state index contributed by atoms with van der Waals surface area (Å²) in [6, 6.07) is 0. The maximum Gasteiger partial charge on any atom is 4.00 e. The molecule has 0 N–H and O–H groups in total. The van der Waals surface area contributed by atoms with Crippen molar-refractivity contribution in [1.29, 1.82) is 0 Å². The molecule has 0 aliphatic heterocycles. The Labute approximate surface area is 98.3 Å². The fourth-order valence-corrected chi connectivity index (χ4v) is 0. The summed E-state index contributed by atoms with van der Waals surface area (Å²) in [6.45, 7) is 15.0. The molecule has 0 radical (unpaired) electrons. The van der Waals surface area contributed by atoms with Crippen molar-refractivity contribution in [3.63, 3.8) is 0 Å². The van der Waals surface area contributed by atoms with Crippen LogP contribution in [0.25, 0.3) is 0 Å². The molecule has 0 aliphatic rings. The van der Waals surface area contributed by atoms with Gasteiger partial charge in [-0.3, -0.25) is 13.6 Å². The third kappa shape index (κ3) is 885000. The van der Waals surface area contributed by atoms with E-state index in [0.717, 1.165) is 0 Å². The fourth-order valence-electron chi connectivity index (χ4n) is 0. The molecular weight excluding hydrogens is 253 g/mol. The van der Waals surface area contributed by atoms with Gasteiger partial charge in [-0.1, -0.05) is 40.5 Å². The molecule has 0 atom stereocenters. The number of rotatable bonds is 0. The first-order valence-electron chi connectivity index (χ1n) is 3.30. The van der Waals surface area contributed by atoms with Gasteiger partial charge in [0.25, 0.3) is 0 Å². The second-order valence-electron chi connectivity index (χ2n) is 1.41. The van der Waals surface area contributed by atoms with Crippen LogP contribution in [-0.4, -0.2) is 13.6 Å². The Morgan fingerprint density at radius 1 is 0.692 bits per heavy atom. The van der Waals surface area contributed by atoms with Gasteiger partial charge in [-0.05, 0) is 0 Å². The zero-order chi connectivity index (χ0) is 9.41. The van der Waals surface area contributed by atoms with Gasteiger partial charge < -0.3 is 24.4 Å². The van der Waals surface area contributed by atoms with Gasteiger partial charge in [0.1, 0.15) is 0 Å². The van der Waals surface area contributed by atoms with Gasteiger partial charge in [-0.15, -0.1) is 0 Å². The van der Waals surface area contributed by atoms with E-state index in [1.165, 1.54) is 12.8 Å². The summed E-state index contributed by atoms with van der Waals surface area (Å²) in [6.07, 6.45) is 2.50. The molecule has 0 saturated heterocycles. The van der Waals surface area contributed by atoms with E-state index in [1.807, 2.05) is 0 Å². The van der Waals surface area contributed by atoms with Crippen LogP contribution in [-0.2, 0) is 29.1 Å². The van der Waals surface area contributed by atoms with Gasteiger partial charge in [0, 0.05) is 0 Å². The largest absolute Gasteiger partial charge is 4.00 e. The number of hydrogen-bond donors (Lipinski definition) is 0. The predicted octanol–water partition coefficient (Wildman–Crippen LogP) is 3.18. The van der Waals surface area contributed by atoms with Gasteiger partial charge in [0.2, 0.25) is 0 Å². The minimum Gasteiger partial charge on any atom is -0.545 e. The first kappa shape index (κ1) is 52.2. The molecule has 2 nitrogen and oxygen atoms in total. The Balaban J connectivity index is -0.00000000698. The van der Waals surface area contributed by atoms with E-state index in [0.29, 0.717) is 0 Å². The van der Waals surface area contributed by atoms with Crippen LogP contribution in [0, 0.1) is 14.9 Å². The summed E-state index contributed by atoms with van der Waals surface area (Å²) < 4.78 is 0. The standard InChI is InChI=1S/2C3H8.2CHO.2CH3.Ru/c2*1-3-2;2*1-2;;;/h2*3H2,1-2H3;2*1H;2*1H3;/q;;4*-1;+4. The van der Waals surface area contributed by atoms with Crippen molar-refractivity contribution in [3.8, 4) is 0 Å². The van der Waals surface area contributed by atoms with Crippen molar-refractivity contribution in [1.82, 2.24) is 0 Å². The number of hydrogen-bond acceptors (Lipinski definition) is 2. The maximum absolute atomic E-state index is 7.75. The first-order valence-corrected chi connectivity index (χ1v) is 3.30. The third-order valence-corrected chi connectivity index (χ3v) is 0. The molecule has 0 aromatic heterocycles. The Bertz CT molecular complexity index is 24.9. The molecule has 0 aromatic carbocycles. The summed E-state index contributed by atoms with van der Waals surface area (Å²) in [5.74, 6) is 0. The SMILES string of the molecule is CCC.CCC.[CH-]=O.[CH-]=O.[CH3-].[CH3-].[Ru+4]. The van der Waals surface area contributed by atoms with Crippen molar-refractivity contribution >= 4 is 13.6 Å². The molecule has 84 valence electrons. The zero-order valence-corrected chi connectivity index (χ0v) is 11.5. The molecule has 0 unspecified atom stereocenters. The molecule has 0 aromatic rings. The van der Waals surface area contributed by atoms with Gasteiger partial charge in [-0.2, -0.15) is 0 Å². The van der Waals surface area contributed by atoms with Crippen molar-refractivity contribution in [2.45, 2.75) is 40.5 Å². The molecule has 0 spiro atoms. The van der Waals surface area contributed by atoms with Crippen LogP contribution in [0.3, 0.4) is 0 Å². The summed E-state index contributed by atoms with van der Waals surface area (Å²) in [4.78, 5) is 15.5. The van der Waals surface area contributed by atoms with Crippen molar-refractivity contribution in [3.05, 3.63) is 14.9 Å². The second-order valence-corrected chi connectivity index (χ2v) is 1.41. The minimum absolute atomic E-state index is 0. The molecular formula is C10H24O2Ru. The summed E-state index contributed by atoms with van der Waals surface area (Å²) >= 11 is 0. The van der Waals surface area contributed by atoms with Crippen molar-refractivity contribution in [2.24, 2.45) is 0 Å². The van der Waals surface area contributed by atoms with Gasteiger partial charge in [-0.25, -0.2) is 0 Å². The van der Waals surface area contributed by atoms with E-state index in [-0.39, 0.29) is 34.3 Å². The minimum atomic E-state index is 0. The predicted molar refractivity (Wildman–Crippen MR) is 58.3 cm³/mol. The van der Waals surface area contributed by atoms with Crippen LogP contribution < -0.4 is 0 Å². The number of carbonyl (C=O) groups excluding carboxylic acids is 2. The van der Waals surface area contributed by atoms with Gasteiger partial charge in [0.05, 0.1) is 0 Å². The first-order chi connectivity index (χ1) is 4.83. The molecule has 13 heavy (non-hydrogen) atoms. The summed E-state index contributed by atoms with van der Waals surface area (Å²) in [7, 11) is 0. The van der Waals surface area contributed by atoms with Gasteiger partial charge >= 0.3 is 19.5 Å². The van der Waals surface area contributed by atoms with Crippen LogP contribution in [0.15, 0.2) is 0 Å². The third-order valence-electron chi connectivity index (χ3n) is 0.